The first-order valence-corrected chi connectivity index (χ1v) is 6.16. The van der Waals surface area contributed by atoms with Gasteiger partial charge in [-0.3, -0.25) is 0 Å². The fraction of sp³-hybridized carbons (Fsp3) is 0.0625. The molecule has 0 fully saturated rings. The Morgan fingerprint density at radius 2 is 1.90 bits per heavy atom. The van der Waals surface area contributed by atoms with Crippen molar-refractivity contribution in [2.24, 2.45) is 7.05 Å². The minimum Gasteiger partial charge on any atom is -0.301 e. The molecule has 96 valence electrons. The number of nitriles is 1. The first-order valence-electron chi connectivity index (χ1n) is 6.16. The lowest BCUT2D eigenvalue weighted by Crippen LogP contribution is -2.20. The first kappa shape index (κ1) is 12.1. The summed E-state index contributed by atoms with van der Waals surface area (Å²) in [5, 5.41) is 11.3. The molecule has 0 N–H and O–H groups in total. The highest BCUT2D eigenvalue weighted by Crippen LogP contribution is 2.28. The van der Waals surface area contributed by atoms with Gasteiger partial charge in [0.1, 0.15) is 6.07 Å². The third kappa shape index (κ3) is 1.86. The predicted molar refractivity (Wildman–Crippen MR) is 77.1 cm³/mol. The molecule has 0 spiro atoms. The highest BCUT2D eigenvalue weighted by atomic mass is 16.1. The van der Waals surface area contributed by atoms with E-state index in [1.807, 2.05) is 42.5 Å². The third-order valence-electron chi connectivity index (χ3n) is 3.25. The Kier molecular flexibility index (Phi) is 2.81. The second-order valence-corrected chi connectivity index (χ2v) is 4.54. The van der Waals surface area contributed by atoms with E-state index in [9.17, 15) is 10.1 Å². The quantitative estimate of drug-likeness (QED) is 0.676. The lowest BCUT2D eigenvalue weighted by Gasteiger charge is -2.08. The van der Waals surface area contributed by atoms with Crippen LogP contribution in [-0.4, -0.2) is 9.55 Å². The van der Waals surface area contributed by atoms with Gasteiger partial charge in [0.15, 0.2) is 0 Å². The van der Waals surface area contributed by atoms with Crippen molar-refractivity contribution in [3.8, 4) is 17.3 Å². The molecule has 0 aliphatic rings. The van der Waals surface area contributed by atoms with Crippen LogP contribution in [0.15, 0.2) is 53.5 Å². The first-order chi connectivity index (χ1) is 9.70. The normalized spacial score (nSPS) is 10.4. The monoisotopic (exact) mass is 261 g/mol. The summed E-state index contributed by atoms with van der Waals surface area (Å²) < 4.78 is 1.31. The van der Waals surface area contributed by atoms with E-state index in [4.69, 9.17) is 0 Å². The maximum Gasteiger partial charge on any atom is 0.347 e. The standard InChI is InChI=1S/C16H11N3O/c1-19-10-12(9-17)15(18-16(19)20)14-8-4-6-11-5-2-3-7-13(11)14/h2-8,10H,1H3. The van der Waals surface area contributed by atoms with Gasteiger partial charge in [-0.2, -0.15) is 10.2 Å². The van der Waals surface area contributed by atoms with Crippen LogP contribution in [0, 0.1) is 11.3 Å². The minimum absolute atomic E-state index is 0.369. The summed E-state index contributed by atoms with van der Waals surface area (Å²) in [6.45, 7) is 0. The SMILES string of the molecule is Cn1cc(C#N)c(-c2cccc3ccccc23)nc1=O. The molecule has 1 aromatic heterocycles. The van der Waals surface area contributed by atoms with Gasteiger partial charge < -0.3 is 4.57 Å². The van der Waals surface area contributed by atoms with Crippen LogP contribution in [0.25, 0.3) is 22.0 Å². The molecule has 0 bridgehead atoms. The lowest BCUT2D eigenvalue weighted by molar-refractivity contribution is 0.809. The molecule has 4 heteroatoms. The van der Waals surface area contributed by atoms with Crippen LogP contribution in [0.1, 0.15) is 5.56 Å². The van der Waals surface area contributed by atoms with Crippen molar-refractivity contribution in [2.45, 2.75) is 0 Å². The van der Waals surface area contributed by atoms with Crippen LogP contribution >= 0.6 is 0 Å². The number of hydrogen-bond acceptors (Lipinski definition) is 3. The Morgan fingerprint density at radius 1 is 1.15 bits per heavy atom. The van der Waals surface area contributed by atoms with Gasteiger partial charge in [-0.1, -0.05) is 42.5 Å². The zero-order valence-electron chi connectivity index (χ0n) is 10.9. The summed E-state index contributed by atoms with van der Waals surface area (Å²) in [7, 11) is 1.59. The number of nitrogens with zero attached hydrogens (tertiary/aromatic N) is 3. The topological polar surface area (TPSA) is 58.7 Å². The Labute approximate surface area is 115 Å². The number of aryl methyl sites for hydroxylation is 1. The van der Waals surface area contributed by atoms with E-state index < -0.39 is 0 Å². The van der Waals surface area contributed by atoms with Crippen molar-refractivity contribution in [3.05, 3.63) is 64.7 Å². The van der Waals surface area contributed by atoms with Gasteiger partial charge >= 0.3 is 5.69 Å². The van der Waals surface area contributed by atoms with Crippen LogP contribution in [0.3, 0.4) is 0 Å². The lowest BCUT2D eigenvalue weighted by atomic mass is 10.00. The van der Waals surface area contributed by atoms with Gasteiger partial charge in [0.2, 0.25) is 0 Å². The number of fused-ring (bicyclic) bond motifs is 1. The molecule has 4 nitrogen and oxygen atoms in total. The second-order valence-electron chi connectivity index (χ2n) is 4.54. The number of benzene rings is 2. The molecule has 2 aromatic carbocycles. The average molecular weight is 261 g/mol. The molecule has 3 aromatic rings. The molecular formula is C16H11N3O. The fourth-order valence-corrected chi connectivity index (χ4v) is 2.26. The van der Waals surface area contributed by atoms with Crippen molar-refractivity contribution in [3.63, 3.8) is 0 Å². The summed E-state index contributed by atoms with van der Waals surface area (Å²) >= 11 is 0. The van der Waals surface area contributed by atoms with Crippen molar-refractivity contribution < 1.29 is 0 Å². The smallest absolute Gasteiger partial charge is 0.301 e. The summed E-state index contributed by atoms with van der Waals surface area (Å²) in [5.74, 6) is 0. The molecule has 3 rings (SSSR count). The van der Waals surface area contributed by atoms with Gasteiger partial charge in [-0.05, 0) is 10.8 Å². The summed E-state index contributed by atoms with van der Waals surface area (Å²) in [5.41, 5.74) is 1.26. The molecule has 0 aliphatic carbocycles. The molecule has 0 atom stereocenters. The van der Waals surface area contributed by atoms with Gasteiger partial charge in [-0.25, -0.2) is 4.79 Å². The van der Waals surface area contributed by atoms with E-state index >= 15 is 0 Å². The maximum atomic E-state index is 11.8. The van der Waals surface area contributed by atoms with Crippen molar-refractivity contribution >= 4 is 10.8 Å². The van der Waals surface area contributed by atoms with Crippen molar-refractivity contribution in [1.82, 2.24) is 9.55 Å². The molecule has 0 unspecified atom stereocenters. The minimum atomic E-state index is -0.369. The van der Waals surface area contributed by atoms with E-state index in [0.717, 1.165) is 16.3 Å². The molecule has 1 heterocycles. The zero-order valence-corrected chi connectivity index (χ0v) is 10.9. The molecule has 0 saturated heterocycles. The van der Waals surface area contributed by atoms with E-state index in [0.29, 0.717) is 11.3 Å². The van der Waals surface area contributed by atoms with Crippen LogP contribution in [-0.2, 0) is 7.05 Å². The third-order valence-corrected chi connectivity index (χ3v) is 3.25. The van der Waals surface area contributed by atoms with Crippen LogP contribution < -0.4 is 5.69 Å². The van der Waals surface area contributed by atoms with Crippen molar-refractivity contribution in [1.29, 1.82) is 5.26 Å². The molecule has 20 heavy (non-hydrogen) atoms. The summed E-state index contributed by atoms with van der Waals surface area (Å²) in [4.78, 5) is 15.8. The Balaban J connectivity index is 2.40. The Morgan fingerprint density at radius 3 is 2.70 bits per heavy atom. The van der Waals surface area contributed by atoms with Gasteiger partial charge in [0.25, 0.3) is 0 Å². The number of hydrogen-bond donors (Lipinski definition) is 0. The summed E-state index contributed by atoms with van der Waals surface area (Å²) in [6.07, 6.45) is 1.52. The fourth-order valence-electron chi connectivity index (χ4n) is 2.26. The predicted octanol–water partition coefficient (Wildman–Crippen LogP) is 2.47. The second kappa shape index (κ2) is 4.63. The molecular weight excluding hydrogens is 250 g/mol. The van der Waals surface area contributed by atoms with Crippen LogP contribution in [0.5, 0.6) is 0 Å². The van der Waals surface area contributed by atoms with Crippen LogP contribution in [0.4, 0.5) is 0 Å². The molecule has 0 saturated carbocycles. The van der Waals surface area contributed by atoms with E-state index in [2.05, 4.69) is 11.1 Å². The Bertz CT molecular complexity index is 898. The zero-order chi connectivity index (χ0) is 14.1. The maximum absolute atomic E-state index is 11.8. The van der Waals surface area contributed by atoms with Gasteiger partial charge in [0.05, 0.1) is 11.3 Å². The largest absolute Gasteiger partial charge is 0.347 e. The van der Waals surface area contributed by atoms with Crippen molar-refractivity contribution in [2.75, 3.05) is 0 Å². The van der Waals surface area contributed by atoms with Crippen LogP contribution in [0.2, 0.25) is 0 Å². The van der Waals surface area contributed by atoms with Gasteiger partial charge in [0, 0.05) is 18.8 Å². The molecule has 0 radical (unpaired) electrons. The highest BCUT2D eigenvalue weighted by molar-refractivity contribution is 5.96. The Hall–Kier alpha value is -2.93. The van der Waals surface area contributed by atoms with Gasteiger partial charge in [-0.15, -0.1) is 0 Å². The molecule has 0 aliphatic heterocycles. The van der Waals surface area contributed by atoms with E-state index in [1.54, 1.807) is 7.05 Å². The van der Waals surface area contributed by atoms with E-state index in [1.165, 1.54) is 10.8 Å². The summed E-state index contributed by atoms with van der Waals surface area (Å²) in [6, 6.07) is 15.7. The number of aromatic nitrogens is 2. The van der Waals surface area contributed by atoms with E-state index in [-0.39, 0.29) is 5.69 Å². The molecule has 0 amide bonds. The number of rotatable bonds is 1. The average Bonchev–Trinajstić information content (AvgIpc) is 2.49. The highest BCUT2D eigenvalue weighted by Gasteiger charge is 2.11.